The molecule has 3 rings (SSSR count). The maximum Gasteiger partial charge on any atom is 0.308 e. The summed E-state index contributed by atoms with van der Waals surface area (Å²) in [6, 6.07) is 0. The number of hydrogen-bond acceptors (Lipinski definition) is 2. The van der Waals surface area contributed by atoms with Gasteiger partial charge in [0, 0.05) is 0 Å². The van der Waals surface area contributed by atoms with E-state index >= 15 is 0 Å². The number of carbonyl (C=O) groups is 1. The van der Waals surface area contributed by atoms with E-state index in [9.17, 15) is 4.79 Å². The van der Waals surface area contributed by atoms with Crippen molar-refractivity contribution in [1.29, 1.82) is 0 Å². The summed E-state index contributed by atoms with van der Waals surface area (Å²) in [5.41, 5.74) is 0. The molecule has 0 saturated heterocycles. The lowest BCUT2D eigenvalue weighted by Crippen LogP contribution is -2.31. The molecule has 3 aliphatic rings. The van der Waals surface area contributed by atoms with Gasteiger partial charge in [-0.05, 0) is 100 Å². The Kier molecular flexibility index (Phi) is 9.18. The van der Waals surface area contributed by atoms with E-state index in [4.69, 9.17) is 4.74 Å². The quantitative estimate of drug-likeness (QED) is 0.316. The Bertz CT molecular complexity index is 435. The lowest BCUT2D eigenvalue weighted by Gasteiger charge is -2.41. The Labute approximate surface area is 174 Å². The predicted molar refractivity (Wildman–Crippen MR) is 117 cm³/mol. The molecule has 0 bridgehead atoms. The van der Waals surface area contributed by atoms with Crippen LogP contribution in [0.4, 0.5) is 0 Å². The van der Waals surface area contributed by atoms with Crippen molar-refractivity contribution >= 4 is 5.97 Å². The van der Waals surface area contributed by atoms with Crippen LogP contribution >= 0.6 is 0 Å². The fourth-order valence-electron chi connectivity index (χ4n) is 6.62. The minimum atomic E-state index is 0.0981. The highest BCUT2D eigenvalue weighted by atomic mass is 16.5. The average molecular weight is 391 g/mol. The SMILES string of the molecule is CCCCCOC(=O)[C@H]1CC[C@@H]([C@H]2CC[C@H]([C@H]3CC[C@H](CC)CC3)CC2)CC1. The van der Waals surface area contributed by atoms with E-state index in [-0.39, 0.29) is 11.9 Å². The Morgan fingerprint density at radius 2 is 1.14 bits per heavy atom. The molecule has 3 aliphatic carbocycles. The first kappa shape index (κ1) is 22.2. The smallest absolute Gasteiger partial charge is 0.308 e. The molecule has 2 heteroatoms. The second-order valence-electron chi connectivity index (χ2n) is 10.4. The third-order valence-corrected chi connectivity index (χ3v) is 8.72. The Morgan fingerprint density at radius 3 is 1.61 bits per heavy atom. The van der Waals surface area contributed by atoms with E-state index in [1.165, 1.54) is 83.5 Å². The molecule has 0 heterocycles. The molecule has 2 nitrogen and oxygen atoms in total. The van der Waals surface area contributed by atoms with Crippen molar-refractivity contribution in [1.82, 2.24) is 0 Å². The summed E-state index contributed by atoms with van der Waals surface area (Å²) in [6.45, 7) is 5.20. The van der Waals surface area contributed by atoms with E-state index in [1.807, 2.05) is 0 Å². The molecule has 0 aliphatic heterocycles. The molecule has 0 N–H and O–H groups in total. The Balaban J connectivity index is 1.32. The second kappa shape index (κ2) is 11.6. The molecule has 0 spiro atoms. The van der Waals surface area contributed by atoms with Crippen LogP contribution in [0.5, 0.6) is 0 Å². The van der Waals surface area contributed by atoms with Gasteiger partial charge in [-0.1, -0.05) is 46.0 Å². The number of hydrogen-bond donors (Lipinski definition) is 0. The van der Waals surface area contributed by atoms with Gasteiger partial charge in [-0.25, -0.2) is 0 Å². The molecule has 0 aromatic heterocycles. The second-order valence-corrected chi connectivity index (χ2v) is 10.4. The average Bonchev–Trinajstić information content (AvgIpc) is 2.77. The zero-order valence-electron chi connectivity index (χ0n) is 18.8. The van der Waals surface area contributed by atoms with Crippen molar-refractivity contribution in [2.45, 2.75) is 117 Å². The number of carbonyl (C=O) groups excluding carboxylic acids is 1. The molecular formula is C26H46O2. The summed E-state index contributed by atoms with van der Waals surface area (Å²) in [5, 5.41) is 0. The summed E-state index contributed by atoms with van der Waals surface area (Å²) in [6.07, 6.45) is 21.4. The molecule has 3 saturated carbocycles. The van der Waals surface area contributed by atoms with Gasteiger partial charge in [0.2, 0.25) is 0 Å². The largest absolute Gasteiger partial charge is 0.465 e. The van der Waals surface area contributed by atoms with Crippen LogP contribution in [0.3, 0.4) is 0 Å². The molecule has 0 atom stereocenters. The molecule has 0 radical (unpaired) electrons. The van der Waals surface area contributed by atoms with Crippen LogP contribution in [0.2, 0.25) is 0 Å². The molecule has 0 unspecified atom stereocenters. The summed E-state index contributed by atoms with van der Waals surface area (Å²) in [7, 11) is 0. The molecule has 0 aromatic rings. The number of ether oxygens (including phenoxy) is 1. The van der Waals surface area contributed by atoms with Crippen molar-refractivity contribution in [3.8, 4) is 0 Å². The summed E-state index contributed by atoms with van der Waals surface area (Å²) < 4.78 is 5.52. The number of rotatable bonds is 8. The highest BCUT2D eigenvalue weighted by molar-refractivity contribution is 5.72. The van der Waals surface area contributed by atoms with Crippen molar-refractivity contribution in [3.63, 3.8) is 0 Å². The first-order chi connectivity index (χ1) is 13.7. The van der Waals surface area contributed by atoms with Gasteiger partial charge in [0.25, 0.3) is 0 Å². The highest BCUT2D eigenvalue weighted by Gasteiger charge is 2.35. The topological polar surface area (TPSA) is 26.3 Å². The van der Waals surface area contributed by atoms with Crippen molar-refractivity contribution in [2.24, 2.45) is 35.5 Å². The van der Waals surface area contributed by atoms with Gasteiger partial charge in [0.05, 0.1) is 12.5 Å². The van der Waals surface area contributed by atoms with Gasteiger partial charge < -0.3 is 4.74 Å². The van der Waals surface area contributed by atoms with Gasteiger partial charge in [0.15, 0.2) is 0 Å². The molecule has 0 amide bonds. The molecular weight excluding hydrogens is 344 g/mol. The third kappa shape index (κ3) is 6.23. The van der Waals surface area contributed by atoms with E-state index in [0.29, 0.717) is 6.61 Å². The molecule has 28 heavy (non-hydrogen) atoms. The minimum Gasteiger partial charge on any atom is -0.465 e. The van der Waals surface area contributed by atoms with Crippen LogP contribution in [0.15, 0.2) is 0 Å². The van der Waals surface area contributed by atoms with Crippen LogP contribution in [0, 0.1) is 35.5 Å². The number of unbranched alkanes of at least 4 members (excludes halogenated alkanes) is 2. The van der Waals surface area contributed by atoms with E-state index in [0.717, 1.165) is 48.9 Å². The number of esters is 1. The van der Waals surface area contributed by atoms with Crippen molar-refractivity contribution in [2.75, 3.05) is 6.61 Å². The van der Waals surface area contributed by atoms with Gasteiger partial charge in [0.1, 0.15) is 0 Å². The van der Waals surface area contributed by atoms with Crippen LogP contribution in [-0.2, 0) is 9.53 Å². The molecule has 162 valence electrons. The third-order valence-electron chi connectivity index (χ3n) is 8.72. The lowest BCUT2D eigenvalue weighted by atomic mass is 9.65. The first-order valence-corrected chi connectivity index (χ1v) is 12.9. The fourth-order valence-corrected chi connectivity index (χ4v) is 6.62. The Hall–Kier alpha value is -0.530. The highest BCUT2D eigenvalue weighted by Crippen LogP contribution is 2.46. The maximum absolute atomic E-state index is 12.3. The van der Waals surface area contributed by atoms with Crippen LogP contribution < -0.4 is 0 Å². The standard InChI is InChI=1S/C26H46O2/c1-3-5-6-19-28-26(27)25-17-15-24(16-18-25)23-13-11-22(12-14-23)21-9-7-20(4-2)8-10-21/h20-25H,3-19H2,1-2H3/t20-,21-,22-,23-,24-,25+. The van der Waals surface area contributed by atoms with Crippen molar-refractivity contribution in [3.05, 3.63) is 0 Å². The summed E-state index contributed by atoms with van der Waals surface area (Å²) in [5.74, 6) is 5.24. The predicted octanol–water partition coefficient (Wildman–Crippen LogP) is 7.55. The van der Waals surface area contributed by atoms with Gasteiger partial charge in [-0.2, -0.15) is 0 Å². The van der Waals surface area contributed by atoms with Gasteiger partial charge >= 0.3 is 5.97 Å². The van der Waals surface area contributed by atoms with E-state index in [1.54, 1.807) is 0 Å². The summed E-state index contributed by atoms with van der Waals surface area (Å²) >= 11 is 0. The Morgan fingerprint density at radius 1 is 0.679 bits per heavy atom. The maximum atomic E-state index is 12.3. The van der Waals surface area contributed by atoms with E-state index < -0.39 is 0 Å². The van der Waals surface area contributed by atoms with Crippen molar-refractivity contribution < 1.29 is 9.53 Å². The first-order valence-electron chi connectivity index (χ1n) is 12.9. The zero-order chi connectivity index (χ0) is 19.8. The van der Waals surface area contributed by atoms with Crippen LogP contribution in [-0.4, -0.2) is 12.6 Å². The fraction of sp³-hybridized carbons (Fsp3) is 0.962. The van der Waals surface area contributed by atoms with Gasteiger partial charge in [-0.15, -0.1) is 0 Å². The molecule has 3 fully saturated rings. The van der Waals surface area contributed by atoms with Crippen LogP contribution in [0.25, 0.3) is 0 Å². The normalized spacial score (nSPS) is 36.8. The van der Waals surface area contributed by atoms with Crippen LogP contribution in [0.1, 0.15) is 117 Å². The monoisotopic (exact) mass is 390 g/mol. The molecule has 0 aromatic carbocycles. The van der Waals surface area contributed by atoms with Gasteiger partial charge in [-0.3, -0.25) is 4.79 Å². The summed E-state index contributed by atoms with van der Waals surface area (Å²) in [4.78, 5) is 12.3. The zero-order valence-corrected chi connectivity index (χ0v) is 18.8. The lowest BCUT2D eigenvalue weighted by molar-refractivity contribution is -0.150. The van der Waals surface area contributed by atoms with E-state index in [2.05, 4.69) is 13.8 Å². The minimum absolute atomic E-state index is 0.0981.